The SMILES string of the molecule is CCC#CCCN=[N+]=[N-]. The van der Waals surface area contributed by atoms with Crippen molar-refractivity contribution < 1.29 is 0 Å². The Bertz CT molecular complexity index is 157. The van der Waals surface area contributed by atoms with E-state index in [0.29, 0.717) is 13.0 Å². The Kier molecular flexibility index (Phi) is 6.01. The Hall–Kier alpha value is -1.13. The highest BCUT2D eigenvalue weighted by atomic mass is 15.1. The molecule has 3 heteroatoms. The molecule has 0 fully saturated rings. The van der Waals surface area contributed by atoms with Gasteiger partial charge in [-0.2, -0.15) is 0 Å². The van der Waals surface area contributed by atoms with Crippen LogP contribution in [0.15, 0.2) is 5.11 Å². The Morgan fingerprint density at radius 1 is 1.56 bits per heavy atom. The molecule has 0 aromatic heterocycles. The molecule has 0 spiro atoms. The Morgan fingerprint density at radius 2 is 2.33 bits per heavy atom. The van der Waals surface area contributed by atoms with Crippen LogP contribution in [0, 0.1) is 11.8 Å². The van der Waals surface area contributed by atoms with Gasteiger partial charge in [0.15, 0.2) is 0 Å². The van der Waals surface area contributed by atoms with E-state index in [1.165, 1.54) is 0 Å². The van der Waals surface area contributed by atoms with Gasteiger partial charge in [0.25, 0.3) is 0 Å². The molecular formula is C6H9N3. The molecule has 0 amide bonds. The summed E-state index contributed by atoms with van der Waals surface area (Å²) in [6, 6.07) is 0. The third-order valence-electron chi connectivity index (χ3n) is 0.702. The maximum absolute atomic E-state index is 7.83. The van der Waals surface area contributed by atoms with E-state index in [1.807, 2.05) is 6.92 Å². The zero-order valence-electron chi connectivity index (χ0n) is 5.46. The molecule has 0 atom stereocenters. The van der Waals surface area contributed by atoms with Gasteiger partial charge in [0.05, 0.1) is 0 Å². The normalized spacial score (nSPS) is 6.78. The van der Waals surface area contributed by atoms with E-state index >= 15 is 0 Å². The van der Waals surface area contributed by atoms with E-state index in [9.17, 15) is 0 Å². The van der Waals surface area contributed by atoms with Gasteiger partial charge >= 0.3 is 0 Å². The van der Waals surface area contributed by atoms with Crippen molar-refractivity contribution >= 4 is 0 Å². The standard InChI is InChI=1S/C6H9N3/c1-2-3-4-5-6-8-9-7/h2,5-6H2,1H3. The highest BCUT2D eigenvalue weighted by Gasteiger charge is 1.72. The van der Waals surface area contributed by atoms with E-state index in [0.717, 1.165) is 6.42 Å². The fourth-order valence-corrected chi connectivity index (χ4v) is 0.364. The first-order valence-corrected chi connectivity index (χ1v) is 2.88. The van der Waals surface area contributed by atoms with Crippen LogP contribution >= 0.6 is 0 Å². The molecule has 3 nitrogen and oxygen atoms in total. The molecule has 0 aliphatic carbocycles. The Balaban J connectivity index is 3.18. The molecule has 0 saturated carbocycles. The molecule has 0 aromatic rings. The van der Waals surface area contributed by atoms with Crippen LogP contribution in [0.3, 0.4) is 0 Å². The van der Waals surface area contributed by atoms with Gasteiger partial charge in [0.2, 0.25) is 0 Å². The van der Waals surface area contributed by atoms with Crippen molar-refractivity contribution in [3.8, 4) is 11.8 Å². The third kappa shape index (κ3) is 6.87. The first kappa shape index (κ1) is 7.87. The van der Waals surface area contributed by atoms with Crippen LogP contribution in [0.5, 0.6) is 0 Å². The molecule has 0 rings (SSSR count). The lowest BCUT2D eigenvalue weighted by Crippen LogP contribution is -1.71. The molecule has 48 valence electrons. The highest BCUT2D eigenvalue weighted by Crippen LogP contribution is 1.78. The largest absolute Gasteiger partial charge is 0.104 e. The predicted octanol–water partition coefficient (Wildman–Crippen LogP) is 2.10. The van der Waals surface area contributed by atoms with Crippen LogP contribution in [0.2, 0.25) is 0 Å². The second kappa shape index (κ2) is 6.87. The number of rotatable bonds is 2. The average Bonchev–Trinajstić information content (AvgIpc) is 1.89. The summed E-state index contributed by atoms with van der Waals surface area (Å²) in [5, 5.41) is 3.32. The van der Waals surface area contributed by atoms with Gasteiger partial charge in [-0.1, -0.05) is 12.0 Å². The summed E-state index contributed by atoms with van der Waals surface area (Å²) in [5.74, 6) is 5.73. The van der Waals surface area contributed by atoms with Crippen molar-refractivity contribution in [2.75, 3.05) is 6.54 Å². The Labute approximate surface area is 54.7 Å². The van der Waals surface area contributed by atoms with E-state index in [-0.39, 0.29) is 0 Å². The quantitative estimate of drug-likeness (QED) is 0.177. The summed E-state index contributed by atoms with van der Waals surface area (Å²) in [5.41, 5.74) is 7.83. The summed E-state index contributed by atoms with van der Waals surface area (Å²) >= 11 is 0. The first-order valence-electron chi connectivity index (χ1n) is 2.88. The van der Waals surface area contributed by atoms with Crippen molar-refractivity contribution in [1.82, 2.24) is 0 Å². The molecule has 0 bridgehead atoms. The Morgan fingerprint density at radius 3 is 2.89 bits per heavy atom. The van der Waals surface area contributed by atoms with E-state index in [4.69, 9.17) is 5.53 Å². The van der Waals surface area contributed by atoms with Crippen molar-refractivity contribution in [3.63, 3.8) is 0 Å². The van der Waals surface area contributed by atoms with Gasteiger partial charge in [-0.15, -0.1) is 11.8 Å². The lowest BCUT2D eigenvalue weighted by molar-refractivity contribution is 1.01. The summed E-state index contributed by atoms with van der Waals surface area (Å²) < 4.78 is 0. The van der Waals surface area contributed by atoms with Crippen molar-refractivity contribution in [2.45, 2.75) is 19.8 Å². The van der Waals surface area contributed by atoms with Crippen LogP contribution in [0.4, 0.5) is 0 Å². The second-order valence-electron chi connectivity index (χ2n) is 1.41. The lowest BCUT2D eigenvalue weighted by atomic mass is 10.4. The highest BCUT2D eigenvalue weighted by molar-refractivity contribution is 4.97. The molecule has 0 saturated heterocycles. The third-order valence-corrected chi connectivity index (χ3v) is 0.702. The molecule has 0 unspecified atom stereocenters. The number of nitrogens with zero attached hydrogens (tertiary/aromatic N) is 3. The number of azide groups is 1. The summed E-state index contributed by atoms with van der Waals surface area (Å²) in [6.07, 6.45) is 1.55. The van der Waals surface area contributed by atoms with E-state index < -0.39 is 0 Å². The second-order valence-corrected chi connectivity index (χ2v) is 1.41. The van der Waals surface area contributed by atoms with Gasteiger partial charge in [-0.05, 0) is 5.53 Å². The molecule has 0 heterocycles. The fraction of sp³-hybridized carbons (Fsp3) is 0.667. The van der Waals surface area contributed by atoms with Crippen LogP contribution in [-0.4, -0.2) is 6.54 Å². The minimum atomic E-state index is 0.490. The fourth-order valence-electron chi connectivity index (χ4n) is 0.364. The van der Waals surface area contributed by atoms with Crippen LogP contribution in [0.1, 0.15) is 19.8 Å². The zero-order valence-corrected chi connectivity index (χ0v) is 5.46. The van der Waals surface area contributed by atoms with E-state index in [1.54, 1.807) is 0 Å². The monoisotopic (exact) mass is 123 g/mol. The number of hydrogen-bond acceptors (Lipinski definition) is 1. The van der Waals surface area contributed by atoms with Gasteiger partial charge in [0.1, 0.15) is 0 Å². The van der Waals surface area contributed by atoms with Crippen LogP contribution < -0.4 is 0 Å². The summed E-state index contributed by atoms with van der Waals surface area (Å²) in [7, 11) is 0. The molecule has 0 aliphatic rings. The van der Waals surface area contributed by atoms with Crippen molar-refractivity contribution in [3.05, 3.63) is 10.4 Å². The zero-order chi connectivity index (χ0) is 6.95. The predicted molar refractivity (Wildman–Crippen MR) is 36.7 cm³/mol. The molecule has 9 heavy (non-hydrogen) atoms. The van der Waals surface area contributed by atoms with Crippen molar-refractivity contribution in [2.24, 2.45) is 5.11 Å². The number of hydrogen-bond donors (Lipinski definition) is 0. The smallest absolute Gasteiger partial charge is 0.0367 e. The molecule has 0 aliphatic heterocycles. The van der Waals surface area contributed by atoms with Crippen molar-refractivity contribution in [1.29, 1.82) is 0 Å². The first-order chi connectivity index (χ1) is 4.41. The average molecular weight is 123 g/mol. The molecule has 0 N–H and O–H groups in total. The van der Waals surface area contributed by atoms with Crippen LogP contribution in [-0.2, 0) is 0 Å². The minimum Gasteiger partial charge on any atom is -0.104 e. The summed E-state index contributed by atoms with van der Waals surface area (Å²) in [6.45, 7) is 2.48. The van der Waals surface area contributed by atoms with Crippen LogP contribution in [0.25, 0.3) is 10.4 Å². The lowest BCUT2D eigenvalue weighted by Gasteiger charge is -1.76. The minimum absolute atomic E-state index is 0.490. The van der Waals surface area contributed by atoms with Gasteiger partial charge in [0, 0.05) is 24.3 Å². The van der Waals surface area contributed by atoms with E-state index in [2.05, 4.69) is 21.9 Å². The van der Waals surface area contributed by atoms with Gasteiger partial charge in [-0.3, -0.25) is 0 Å². The topological polar surface area (TPSA) is 48.8 Å². The molecular weight excluding hydrogens is 114 g/mol. The molecule has 0 radical (unpaired) electrons. The maximum atomic E-state index is 7.83. The summed E-state index contributed by atoms with van der Waals surface area (Å²) in [4.78, 5) is 2.59. The van der Waals surface area contributed by atoms with Gasteiger partial charge < -0.3 is 0 Å². The molecule has 0 aromatic carbocycles. The van der Waals surface area contributed by atoms with Gasteiger partial charge in [-0.25, -0.2) is 0 Å². The maximum Gasteiger partial charge on any atom is 0.0367 e.